The molecule has 0 aliphatic heterocycles. The number of hydrogen-bond donors (Lipinski definition) is 1. The van der Waals surface area contributed by atoms with Crippen molar-refractivity contribution in [2.24, 2.45) is 16.0 Å². The Hall–Kier alpha value is -0.440. The molecule has 8 heavy (non-hydrogen) atoms. The summed E-state index contributed by atoms with van der Waals surface area (Å²) in [4.78, 5) is 0. The van der Waals surface area contributed by atoms with Gasteiger partial charge in [-0.05, 0) is 19.9 Å². The summed E-state index contributed by atoms with van der Waals surface area (Å²) in [7, 11) is 0. The Morgan fingerprint density at radius 1 is 1.38 bits per heavy atom. The Kier molecular flexibility index (Phi) is 6.20. The first-order valence-electron chi connectivity index (χ1n) is 2.95. The summed E-state index contributed by atoms with van der Waals surface area (Å²) in [6, 6.07) is 0. The Balaban J connectivity index is 2.80. The van der Waals surface area contributed by atoms with Crippen molar-refractivity contribution in [3.8, 4) is 0 Å². The van der Waals surface area contributed by atoms with Crippen molar-refractivity contribution >= 4 is 0 Å². The van der Waals surface area contributed by atoms with Crippen LogP contribution in [0.3, 0.4) is 0 Å². The average molecular weight is 115 g/mol. The molecule has 0 saturated heterocycles. The third kappa shape index (κ3) is 5.56. The van der Waals surface area contributed by atoms with E-state index >= 15 is 0 Å². The van der Waals surface area contributed by atoms with Crippen LogP contribution in [-0.4, -0.2) is 19.6 Å². The van der Waals surface area contributed by atoms with Gasteiger partial charge in [-0.15, -0.1) is 0 Å². The standard InChI is InChI=1S/C5H13N3/c1-2-7-8-5-3-4-6/h2-6H2,1H3. The lowest BCUT2D eigenvalue weighted by atomic mass is 10.4. The van der Waals surface area contributed by atoms with Crippen molar-refractivity contribution in [2.75, 3.05) is 19.6 Å². The lowest BCUT2D eigenvalue weighted by molar-refractivity contribution is 0.786. The van der Waals surface area contributed by atoms with E-state index in [1.54, 1.807) is 0 Å². The first-order valence-corrected chi connectivity index (χ1v) is 2.95. The number of rotatable bonds is 4. The van der Waals surface area contributed by atoms with Crippen molar-refractivity contribution in [1.29, 1.82) is 0 Å². The van der Waals surface area contributed by atoms with Gasteiger partial charge in [0.25, 0.3) is 0 Å². The van der Waals surface area contributed by atoms with E-state index in [0.717, 1.165) is 19.5 Å². The molecule has 48 valence electrons. The zero-order valence-electron chi connectivity index (χ0n) is 5.30. The molecule has 0 rings (SSSR count). The molecule has 3 nitrogen and oxygen atoms in total. The molecular weight excluding hydrogens is 102 g/mol. The molecular formula is C5H13N3. The van der Waals surface area contributed by atoms with Gasteiger partial charge in [-0.3, -0.25) is 0 Å². The van der Waals surface area contributed by atoms with Gasteiger partial charge < -0.3 is 5.73 Å². The second-order valence-corrected chi connectivity index (χ2v) is 1.46. The minimum Gasteiger partial charge on any atom is -0.330 e. The predicted molar refractivity (Wildman–Crippen MR) is 33.9 cm³/mol. The second kappa shape index (κ2) is 6.56. The fourth-order valence-electron chi connectivity index (χ4n) is 0.333. The van der Waals surface area contributed by atoms with Crippen LogP contribution in [0.4, 0.5) is 0 Å². The summed E-state index contributed by atoms with van der Waals surface area (Å²) in [5, 5.41) is 7.60. The third-order valence-corrected chi connectivity index (χ3v) is 0.704. The van der Waals surface area contributed by atoms with Gasteiger partial charge in [-0.1, -0.05) is 0 Å². The molecule has 0 aromatic carbocycles. The SMILES string of the molecule is CCN=NCCCN. The lowest BCUT2D eigenvalue weighted by Gasteiger charge is -1.85. The highest BCUT2D eigenvalue weighted by molar-refractivity contribution is 4.40. The number of nitrogens with zero attached hydrogens (tertiary/aromatic N) is 2. The van der Waals surface area contributed by atoms with E-state index in [0.29, 0.717) is 6.54 Å². The highest BCUT2D eigenvalue weighted by Gasteiger charge is 1.76. The minimum absolute atomic E-state index is 0.711. The molecule has 0 fully saturated rings. The first kappa shape index (κ1) is 7.56. The summed E-state index contributed by atoms with van der Waals surface area (Å²) >= 11 is 0. The zero-order valence-corrected chi connectivity index (χ0v) is 5.30. The molecule has 0 aliphatic carbocycles. The van der Waals surface area contributed by atoms with Crippen molar-refractivity contribution in [1.82, 2.24) is 0 Å². The number of nitrogens with two attached hydrogens (primary N) is 1. The molecule has 0 bridgehead atoms. The molecule has 0 aliphatic rings. The van der Waals surface area contributed by atoms with E-state index in [-0.39, 0.29) is 0 Å². The zero-order chi connectivity index (χ0) is 6.24. The summed E-state index contributed by atoms with van der Waals surface area (Å²) in [6.45, 7) is 4.24. The quantitative estimate of drug-likeness (QED) is 0.427. The van der Waals surface area contributed by atoms with Gasteiger partial charge in [-0.2, -0.15) is 10.2 Å². The van der Waals surface area contributed by atoms with Gasteiger partial charge in [0.15, 0.2) is 0 Å². The highest BCUT2D eigenvalue weighted by atomic mass is 15.1. The van der Waals surface area contributed by atoms with Crippen LogP contribution in [0.5, 0.6) is 0 Å². The van der Waals surface area contributed by atoms with Crippen LogP contribution in [0, 0.1) is 0 Å². The van der Waals surface area contributed by atoms with E-state index in [1.807, 2.05) is 6.92 Å². The Morgan fingerprint density at radius 3 is 2.62 bits per heavy atom. The van der Waals surface area contributed by atoms with Crippen LogP contribution >= 0.6 is 0 Å². The second-order valence-electron chi connectivity index (χ2n) is 1.46. The highest BCUT2D eigenvalue weighted by Crippen LogP contribution is 1.78. The fourth-order valence-corrected chi connectivity index (χ4v) is 0.333. The van der Waals surface area contributed by atoms with Crippen molar-refractivity contribution in [3.63, 3.8) is 0 Å². The maximum Gasteiger partial charge on any atom is 0.0610 e. The normalized spacial score (nSPS) is 10.8. The van der Waals surface area contributed by atoms with E-state index in [4.69, 9.17) is 5.73 Å². The van der Waals surface area contributed by atoms with Gasteiger partial charge in [0, 0.05) is 0 Å². The maximum absolute atomic E-state index is 5.21. The van der Waals surface area contributed by atoms with Crippen LogP contribution in [-0.2, 0) is 0 Å². The topological polar surface area (TPSA) is 50.7 Å². The Morgan fingerprint density at radius 2 is 2.12 bits per heavy atom. The van der Waals surface area contributed by atoms with Crippen LogP contribution in [0.1, 0.15) is 13.3 Å². The van der Waals surface area contributed by atoms with Crippen LogP contribution in [0.25, 0.3) is 0 Å². The van der Waals surface area contributed by atoms with Gasteiger partial charge in [0.05, 0.1) is 13.1 Å². The Bertz CT molecular complexity index is 60.7. The van der Waals surface area contributed by atoms with E-state index in [9.17, 15) is 0 Å². The Labute approximate surface area is 50.0 Å². The summed E-state index contributed by atoms with van der Waals surface area (Å²) in [6.07, 6.45) is 0.948. The van der Waals surface area contributed by atoms with E-state index in [1.165, 1.54) is 0 Å². The smallest absolute Gasteiger partial charge is 0.0610 e. The molecule has 0 atom stereocenters. The fraction of sp³-hybridized carbons (Fsp3) is 1.00. The molecule has 0 aromatic heterocycles. The summed E-state index contributed by atoms with van der Waals surface area (Å²) in [5.41, 5.74) is 5.21. The molecule has 0 radical (unpaired) electrons. The van der Waals surface area contributed by atoms with Crippen LogP contribution in [0.15, 0.2) is 10.2 Å². The largest absolute Gasteiger partial charge is 0.330 e. The third-order valence-electron chi connectivity index (χ3n) is 0.704. The number of azo groups is 1. The summed E-state index contributed by atoms with van der Waals surface area (Å²) < 4.78 is 0. The predicted octanol–water partition coefficient (Wildman–Crippen LogP) is 0.807. The summed E-state index contributed by atoms with van der Waals surface area (Å²) in [5.74, 6) is 0. The molecule has 0 spiro atoms. The molecule has 0 heterocycles. The number of hydrogen-bond acceptors (Lipinski definition) is 3. The van der Waals surface area contributed by atoms with Gasteiger partial charge >= 0.3 is 0 Å². The van der Waals surface area contributed by atoms with Gasteiger partial charge in [-0.25, -0.2) is 0 Å². The minimum atomic E-state index is 0.711. The first-order chi connectivity index (χ1) is 3.91. The maximum atomic E-state index is 5.21. The molecule has 2 N–H and O–H groups in total. The lowest BCUT2D eigenvalue weighted by Crippen LogP contribution is -1.99. The molecule has 0 aromatic rings. The van der Waals surface area contributed by atoms with E-state index in [2.05, 4.69) is 10.2 Å². The van der Waals surface area contributed by atoms with Gasteiger partial charge in [0.1, 0.15) is 0 Å². The monoisotopic (exact) mass is 115 g/mol. The molecule has 0 saturated carbocycles. The van der Waals surface area contributed by atoms with Crippen molar-refractivity contribution in [3.05, 3.63) is 0 Å². The van der Waals surface area contributed by atoms with Gasteiger partial charge in [0.2, 0.25) is 0 Å². The average Bonchev–Trinajstić information content (AvgIpc) is 1.81. The molecule has 3 heteroatoms. The van der Waals surface area contributed by atoms with E-state index < -0.39 is 0 Å². The van der Waals surface area contributed by atoms with Crippen molar-refractivity contribution < 1.29 is 0 Å². The van der Waals surface area contributed by atoms with Crippen molar-refractivity contribution in [2.45, 2.75) is 13.3 Å². The molecule has 0 unspecified atom stereocenters. The van der Waals surface area contributed by atoms with Crippen LogP contribution in [0.2, 0.25) is 0 Å². The molecule has 0 amide bonds. The van der Waals surface area contributed by atoms with Crippen LogP contribution < -0.4 is 5.73 Å².